The van der Waals surface area contributed by atoms with Crippen molar-refractivity contribution in [3.05, 3.63) is 29.7 Å². The lowest BCUT2D eigenvalue weighted by Gasteiger charge is -2.39. The van der Waals surface area contributed by atoms with Crippen molar-refractivity contribution < 1.29 is 14.1 Å². The van der Waals surface area contributed by atoms with Crippen LogP contribution in [0.25, 0.3) is 0 Å². The van der Waals surface area contributed by atoms with Crippen LogP contribution in [0.15, 0.2) is 16.9 Å². The molecule has 1 N–H and O–H groups in total. The summed E-state index contributed by atoms with van der Waals surface area (Å²) in [5.41, 5.74) is 0.416. The first-order valence-corrected chi connectivity index (χ1v) is 8.83. The summed E-state index contributed by atoms with van der Waals surface area (Å²) in [6, 6.07) is 0. The predicted molar refractivity (Wildman–Crippen MR) is 88.2 cm³/mol. The molecule has 0 radical (unpaired) electrons. The van der Waals surface area contributed by atoms with E-state index in [1.54, 1.807) is 19.5 Å². The number of hydrogen-bond acceptors (Lipinski definition) is 6. The zero-order valence-corrected chi connectivity index (χ0v) is 14.4. The van der Waals surface area contributed by atoms with E-state index in [0.29, 0.717) is 31.2 Å². The van der Waals surface area contributed by atoms with Gasteiger partial charge in [0.15, 0.2) is 5.82 Å². The van der Waals surface area contributed by atoms with E-state index in [-0.39, 0.29) is 11.3 Å². The quantitative estimate of drug-likeness (QED) is 0.858. The smallest absolute Gasteiger partial charge is 0.257 e. The predicted octanol–water partition coefficient (Wildman–Crippen LogP) is 1.88. The number of amides is 1. The summed E-state index contributed by atoms with van der Waals surface area (Å²) in [7, 11) is 1.71. The Bertz CT molecular complexity index is 714. The number of rotatable bonds is 6. The van der Waals surface area contributed by atoms with Gasteiger partial charge in [0.05, 0.1) is 11.8 Å². The molecule has 2 aromatic rings. The monoisotopic (exact) mass is 345 g/mol. The van der Waals surface area contributed by atoms with Gasteiger partial charge in [-0.2, -0.15) is 10.1 Å². The number of nitrogens with zero attached hydrogens (tertiary/aromatic N) is 4. The Labute approximate surface area is 145 Å². The standard InChI is InChI=1S/C17H23N5O3/c1-24-9-6-17(16-20-14(25-21-16)12-2-3-12)4-7-22(8-5-17)15(23)13-10-18-19-11-13/h10-12H,2-9H2,1H3,(H,18,19). The van der Waals surface area contributed by atoms with Crippen molar-refractivity contribution in [1.29, 1.82) is 0 Å². The summed E-state index contributed by atoms with van der Waals surface area (Å²) >= 11 is 0. The van der Waals surface area contributed by atoms with E-state index in [1.165, 1.54) is 0 Å². The summed E-state index contributed by atoms with van der Waals surface area (Å²) in [6.07, 6.45) is 7.93. The van der Waals surface area contributed by atoms with Crippen LogP contribution in [-0.4, -0.2) is 58.0 Å². The fourth-order valence-corrected chi connectivity index (χ4v) is 3.52. The van der Waals surface area contributed by atoms with Gasteiger partial charge in [-0.3, -0.25) is 9.89 Å². The second-order valence-electron chi connectivity index (χ2n) is 7.03. The zero-order chi connectivity index (χ0) is 17.3. The van der Waals surface area contributed by atoms with Gasteiger partial charge in [-0.05, 0) is 32.1 Å². The summed E-state index contributed by atoms with van der Waals surface area (Å²) in [6.45, 7) is 1.98. The van der Waals surface area contributed by atoms with E-state index in [9.17, 15) is 4.79 Å². The van der Waals surface area contributed by atoms with Crippen LogP contribution in [0.4, 0.5) is 0 Å². The van der Waals surface area contributed by atoms with E-state index < -0.39 is 0 Å². The normalized spacial score (nSPS) is 20.0. The van der Waals surface area contributed by atoms with Crippen LogP contribution in [0.5, 0.6) is 0 Å². The molecule has 0 unspecified atom stereocenters. The summed E-state index contributed by atoms with van der Waals surface area (Å²) < 4.78 is 10.8. The Morgan fingerprint density at radius 3 is 2.88 bits per heavy atom. The van der Waals surface area contributed by atoms with Crippen LogP contribution in [0.1, 0.15) is 60.1 Å². The minimum Gasteiger partial charge on any atom is -0.385 e. The third-order valence-corrected chi connectivity index (χ3v) is 5.38. The number of H-pyrrole nitrogens is 1. The van der Waals surface area contributed by atoms with Crippen molar-refractivity contribution in [1.82, 2.24) is 25.2 Å². The molecule has 2 aliphatic rings. The number of methoxy groups -OCH3 is 1. The molecule has 0 atom stereocenters. The van der Waals surface area contributed by atoms with E-state index in [1.807, 2.05) is 4.90 Å². The number of hydrogen-bond donors (Lipinski definition) is 1. The summed E-state index contributed by atoms with van der Waals surface area (Å²) in [5.74, 6) is 2.01. The number of aromatic nitrogens is 4. The Balaban J connectivity index is 1.49. The van der Waals surface area contributed by atoms with Crippen molar-refractivity contribution in [2.24, 2.45) is 0 Å². The molecule has 1 aliphatic carbocycles. The molecule has 2 aromatic heterocycles. The van der Waals surface area contributed by atoms with E-state index in [4.69, 9.17) is 9.26 Å². The first kappa shape index (κ1) is 16.3. The Morgan fingerprint density at radius 2 is 2.24 bits per heavy atom. The topological polar surface area (TPSA) is 97.1 Å². The lowest BCUT2D eigenvalue weighted by molar-refractivity contribution is 0.0616. The van der Waals surface area contributed by atoms with E-state index >= 15 is 0 Å². The van der Waals surface area contributed by atoms with Crippen molar-refractivity contribution in [2.45, 2.75) is 43.4 Å². The third kappa shape index (κ3) is 3.18. The van der Waals surface area contributed by atoms with Crippen LogP contribution in [0, 0.1) is 0 Å². The molecule has 2 fully saturated rings. The van der Waals surface area contributed by atoms with Gasteiger partial charge in [0.25, 0.3) is 5.91 Å². The van der Waals surface area contributed by atoms with Crippen LogP contribution in [-0.2, 0) is 10.2 Å². The minimum atomic E-state index is -0.181. The Morgan fingerprint density at radius 1 is 1.44 bits per heavy atom. The van der Waals surface area contributed by atoms with E-state index in [2.05, 4.69) is 20.3 Å². The number of aromatic amines is 1. The van der Waals surface area contributed by atoms with Crippen LogP contribution in [0.3, 0.4) is 0 Å². The van der Waals surface area contributed by atoms with Gasteiger partial charge >= 0.3 is 0 Å². The number of ether oxygens (including phenoxy) is 1. The molecule has 25 heavy (non-hydrogen) atoms. The average Bonchev–Trinajstić information content (AvgIpc) is 3.15. The van der Waals surface area contributed by atoms with Gasteiger partial charge < -0.3 is 14.2 Å². The van der Waals surface area contributed by atoms with Gasteiger partial charge in [-0.25, -0.2) is 0 Å². The average molecular weight is 345 g/mol. The minimum absolute atomic E-state index is 0.0147. The highest BCUT2D eigenvalue weighted by Crippen LogP contribution is 2.42. The number of carbonyl (C=O) groups is 1. The first-order chi connectivity index (χ1) is 12.2. The van der Waals surface area contributed by atoms with Crippen molar-refractivity contribution in [2.75, 3.05) is 26.8 Å². The molecule has 4 rings (SSSR count). The molecule has 8 heteroatoms. The SMILES string of the molecule is COCCC1(c2noc(C3CC3)n2)CCN(C(=O)c2cn[nH]c2)CC1. The maximum Gasteiger partial charge on any atom is 0.257 e. The van der Waals surface area contributed by atoms with Gasteiger partial charge in [0.2, 0.25) is 5.89 Å². The largest absolute Gasteiger partial charge is 0.385 e. The summed E-state index contributed by atoms with van der Waals surface area (Å²) in [4.78, 5) is 19.1. The molecule has 1 saturated heterocycles. The highest BCUT2D eigenvalue weighted by molar-refractivity contribution is 5.93. The molecule has 134 valence electrons. The second-order valence-corrected chi connectivity index (χ2v) is 7.03. The lowest BCUT2D eigenvalue weighted by atomic mass is 9.75. The lowest BCUT2D eigenvalue weighted by Crippen LogP contribution is -2.46. The van der Waals surface area contributed by atoms with E-state index in [0.717, 1.165) is 43.8 Å². The zero-order valence-electron chi connectivity index (χ0n) is 14.4. The highest BCUT2D eigenvalue weighted by atomic mass is 16.5. The first-order valence-electron chi connectivity index (χ1n) is 8.83. The van der Waals surface area contributed by atoms with Gasteiger partial charge in [-0.15, -0.1) is 0 Å². The molecule has 0 spiro atoms. The highest BCUT2D eigenvalue weighted by Gasteiger charge is 2.42. The number of piperidine rings is 1. The van der Waals surface area contributed by atoms with Gasteiger partial charge in [0, 0.05) is 44.3 Å². The van der Waals surface area contributed by atoms with Crippen molar-refractivity contribution >= 4 is 5.91 Å². The van der Waals surface area contributed by atoms with Crippen LogP contribution < -0.4 is 0 Å². The molecule has 1 amide bonds. The van der Waals surface area contributed by atoms with Crippen LogP contribution >= 0.6 is 0 Å². The number of carbonyl (C=O) groups excluding carboxylic acids is 1. The fourth-order valence-electron chi connectivity index (χ4n) is 3.52. The van der Waals surface area contributed by atoms with Crippen molar-refractivity contribution in [3.8, 4) is 0 Å². The van der Waals surface area contributed by atoms with Crippen LogP contribution in [0.2, 0.25) is 0 Å². The third-order valence-electron chi connectivity index (χ3n) is 5.38. The van der Waals surface area contributed by atoms with Crippen molar-refractivity contribution in [3.63, 3.8) is 0 Å². The molecular formula is C17H23N5O3. The fraction of sp³-hybridized carbons (Fsp3) is 0.647. The Kier molecular flexibility index (Phi) is 4.29. The summed E-state index contributed by atoms with van der Waals surface area (Å²) in [5, 5.41) is 10.8. The Hall–Kier alpha value is -2.22. The maximum atomic E-state index is 12.5. The molecule has 3 heterocycles. The number of nitrogens with one attached hydrogen (secondary N) is 1. The molecular weight excluding hydrogens is 322 g/mol. The molecule has 8 nitrogen and oxygen atoms in total. The molecule has 0 bridgehead atoms. The molecule has 0 aromatic carbocycles. The second kappa shape index (κ2) is 6.59. The maximum absolute atomic E-state index is 12.5. The molecule has 1 aliphatic heterocycles. The number of likely N-dealkylation sites (tertiary alicyclic amines) is 1. The van der Waals surface area contributed by atoms with Gasteiger partial charge in [0.1, 0.15) is 0 Å². The van der Waals surface area contributed by atoms with Gasteiger partial charge in [-0.1, -0.05) is 5.16 Å². The molecule has 1 saturated carbocycles.